The maximum Gasteiger partial charge on any atom is 0.460 e. The maximum absolute atomic E-state index is 13.9. The Kier molecular flexibility index (Phi) is 5.86. The highest BCUT2D eigenvalue weighted by molar-refractivity contribution is 5.86. The van der Waals surface area contributed by atoms with Gasteiger partial charge in [0.05, 0.1) is 11.0 Å². The van der Waals surface area contributed by atoms with Crippen molar-refractivity contribution in [3.63, 3.8) is 0 Å². The average Bonchev–Trinajstić information content (AvgIpc) is 2.82. The molecule has 1 fully saturated rings. The summed E-state index contributed by atoms with van der Waals surface area (Å²) in [5.74, 6) is -14.6. The number of carbonyl (C=O) groups excluding carboxylic acids is 1. The molecular weight excluding hydrogens is 469 g/mol. The van der Waals surface area contributed by atoms with E-state index in [2.05, 4.69) is 9.97 Å². The molecule has 1 aliphatic heterocycles. The minimum Gasteiger partial charge on any atom is -0.351 e. The highest BCUT2D eigenvalue weighted by atomic mass is 19.4. The van der Waals surface area contributed by atoms with Crippen molar-refractivity contribution >= 4 is 22.8 Å². The SMILES string of the molecule is O=C(N1CCN(c2nc3ccccc3nc2-c2ccccc2)CC1)C(F)(F)C(F)(F)C(F)(F)F. The van der Waals surface area contributed by atoms with Crippen LogP contribution in [0.25, 0.3) is 22.3 Å². The summed E-state index contributed by atoms with van der Waals surface area (Å²) in [5.41, 5.74) is 2.35. The van der Waals surface area contributed by atoms with Crippen molar-refractivity contribution in [1.82, 2.24) is 14.9 Å². The predicted molar refractivity (Wildman–Crippen MR) is 110 cm³/mol. The van der Waals surface area contributed by atoms with Gasteiger partial charge in [-0.1, -0.05) is 42.5 Å². The number of alkyl halides is 7. The molecule has 0 radical (unpaired) electrons. The molecule has 0 atom stereocenters. The summed E-state index contributed by atoms with van der Waals surface area (Å²) in [6, 6.07) is 16.0. The van der Waals surface area contributed by atoms with E-state index >= 15 is 0 Å². The van der Waals surface area contributed by atoms with Crippen LogP contribution in [0.4, 0.5) is 36.6 Å². The molecule has 12 heteroatoms. The number of aromatic nitrogens is 2. The summed E-state index contributed by atoms with van der Waals surface area (Å²) in [5, 5.41) is 0. The summed E-state index contributed by atoms with van der Waals surface area (Å²) in [4.78, 5) is 23.2. The third-order valence-corrected chi connectivity index (χ3v) is 5.48. The molecule has 0 bridgehead atoms. The molecule has 0 aliphatic carbocycles. The van der Waals surface area contributed by atoms with E-state index in [9.17, 15) is 35.5 Å². The standard InChI is InChI=1S/C22H17F7N4O/c23-20(24,21(25,26)22(27,28)29)19(34)33-12-10-32(11-13-33)18-17(14-6-2-1-3-7-14)30-15-8-4-5-9-16(15)31-18/h1-9H,10-13H2. The zero-order valence-electron chi connectivity index (χ0n) is 17.4. The van der Waals surface area contributed by atoms with Crippen LogP contribution in [-0.4, -0.2) is 65.0 Å². The van der Waals surface area contributed by atoms with E-state index in [0.717, 1.165) is 0 Å². The molecule has 5 nitrogen and oxygen atoms in total. The van der Waals surface area contributed by atoms with Crippen LogP contribution in [0.1, 0.15) is 0 Å². The van der Waals surface area contributed by atoms with E-state index in [1.54, 1.807) is 59.5 Å². The normalized spacial score (nSPS) is 15.6. The summed E-state index contributed by atoms with van der Waals surface area (Å²) >= 11 is 0. The molecular formula is C22H17F7N4O. The quantitative estimate of drug-likeness (QED) is 0.499. The number of amides is 1. The summed E-state index contributed by atoms with van der Waals surface area (Å²) < 4.78 is 91.7. The number of halogens is 7. The molecule has 0 saturated carbocycles. The largest absolute Gasteiger partial charge is 0.460 e. The van der Waals surface area contributed by atoms with Crippen LogP contribution in [-0.2, 0) is 4.79 Å². The Balaban J connectivity index is 1.60. The van der Waals surface area contributed by atoms with Crippen molar-refractivity contribution in [1.29, 1.82) is 0 Å². The van der Waals surface area contributed by atoms with Crippen molar-refractivity contribution in [2.45, 2.75) is 18.0 Å². The van der Waals surface area contributed by atoms with E-state index in [1.165, 1.54) is 0 Å². The topological polar surface area (TPSA) is 49.3 Å². The van der Waals surface area contributed by atoms with E-state index in [-0.39, 0.29) is 13.1 Å². The van der Waals surface area contributed by atoms with Crippen LogP contribution < -0.4 is 4.90 Å². The molecule has 2 heterocycles. The van der Waals surface area contributed by atoms with Crippen LogP contribution >= 0.6 is 0 Å². The molecule has 3 aromatic rings. The fraction of sp³-hybridized carbons (Fsp3) is 0.318. The molecule has 180 valence electrons. The lowest BCUT2D eigenvalue weighted by Crippen LogP contribution is -2.62. The van der Waals surface area contributed by atoms with Crippen molar-refractivity contribution < 1.29 is 35.5 Å². The number of anilines is 1. The monoisotopic (exact) mass is 486 g/mol. The van der Waals surface area contributed by atoms with Gasteiger partial charge >= 0.3 is 18.0 Å². The van der Waals surface area contributed by atoms with Crippen LogP contribution in [0, 0.1) is 0 Å². The molecule has 1 saturated heterocycles. The number of rotatable bonds is 4. The first kappa shape index (κ1) is 23.7. The highest BCUT2D eigenvalue weighted by Gasteiger charge is 2.76. The summed E-state index contributed by atoms with van der Waals surface area (Å²) in [7, 11) is 0. The molecule has 0 spiro atoms. The molecule has 0 unspecified atom stereocenters. The van der Waals surface area contributed by atoms with Gasteiger partial charge in [0.1, 0.15) is 5.69 Å². The van der Waals surface area contributed by atoms with Gasteiger partial charge in [0.2, 0.25) is 0 Å². The van der Waals surface area contributed by atoms with Crippen LogP contribution in [0.3, 0.4) is 0 Å². The van der Waals surface area contributed by atoms with Gasteiger partial charge in [0.25, 0.3) is 5.91 Å². The lowest BCUT2D eigenvalue weighted by molar-refractivity contribution is -0.346. The molecule has 0 N–H and O–H groups in total. The van der Waals surface area contributed by atoms with Crippen LogP contribution in [0.5, 0.6) is 0 Å². The number of benzene rings is 2. The van der Waals surface area contributed by atoms with E-state index in [1.807, 2.05) is 0 Å². The second kappa shape index (κ2) is 8.41. The predicted octanol–water partition coefficient (Wildman–Crippen LogP) is 4.78. The Morgan fingerprint density at radius 1 is 0.735 bits per heavy atom. The van der Waals surface area contributed by atoms with Crippen LogP contribution in [0.15, 0.2) is 54.6 Å². The number of carbonyl (C=O) groups is 1. The molecule has 1 aromatic heterocycles. The number of nitrogens with zero attached hydrogens (tertiary/aromatic N) is 4. The Bertz CT molecular complexity index is 1190. The van der Waals surface area contributed by atoms with Gasteiger partial charge in [-0.25, -0.2) is 9.97 Å². The average molecular weight is 486 g/mol. The number of fused-ring (bicyclic) bond motifs is 1. The first-order chi connectivity index (χ1) is 15.9. The Hall–Kier alpha value is -3.44. The highest BCUT2D eigenvalue weighted by Crippen LogP contribution is 2.47. The smallest absolute Gasteiger partial charge is 0.351 e. The Labute approximate surface area is 188 Å². The van der Waals surface area contributed by atoms with Crippen molar-refractivity contribution in [2.24, 2.45) is 0 Å². The minimum atomic E-state index is -6.57. The second-order valence-corrected chi connectivity index (χ2v) is 7.68. The molecule has 4 rings (SSSR count). The number of hydrogen-bond acceptors (Lipinski definition) is 4. The fourth-order valence-corrected chi connectivity index (χ4v) is 3.63. The van der Waals surface area contributed by atoms with Crippen molar-refractivity contribution in [3.8, 4) is 11.3 Å². The molecule has 1 aliphatic rings. The van der Waals surface area contributed by atoms with Crippen molar-refractivity contribution in [3.05, 3.63) is 54.6 Å². The number of hydrogen-bond donors (Lipinski definition) is 0. The zero-order valence-corrected chi connectivity index (χ0v) is 17.4. The van der Waals surface area contributed by atoms with Gasteiger partial charge in [0, 0.05) is 31.7 Å². The molecule has 2 aromatic carbocycles. The maximum atomic E-state index is 13.9. The lowest BCUT2D eigenvalue weighted by atomic mass is 10.1. The summed E-state index contributed by atoms with van der Waals surface area (Å²) in [6.07, 6.45) is -6.57. The first-order valence-electron chi connectivity index (χ1n) is 10.1. The molecule has 34 heavy (non-hydrogen) atoms. The third-order valence-electron chi connectivity index (χ3n) is 5.48. The van der Waals surface area contributed by atoms with Gasteiger partial charge in [-0.05, 0) is 12.1 Å². The van der Waals surface area contributed by atoms with E-state index in [0.29, 0.717) is 33.0 Å². The summed E-state index contributed by atoms with van der Waals surface area (Å²) in [6.45, 7) is -1.23. The van der Waals surface area contributed by atoms with E-state index in [4.69, 9.17) is 0 Å². The third kappa shape index (κ3) is 4.01. The van der Waals surface area contributed by atoms with Gasteiger partial charge in [-0.15, -0.1) is 0 Å². The fourth-order valence-electron chi connectivity index (χ4n) is 3.63. The van der Waals surface area contributed by atoms with E-state index < -0.39 is 37.0 Å². The number of piperazine rings is 1. The molecule has 1 amide bonds. The van der Waals surface area contributed by atoms with Gasteiger partial charge < -0.3 is 9.80 Å². The number of para-hydroxylation sites is 2. The minimum absolute atomic E-state index is 0.119. The van der Waals surface area contributed by atoms with Crippen molar-refractivity contribution in [2.75, 3.05) is 31.1 Å². The Morgan fingerprint density at radius 3 is 1.82 bits per heavy atom. The first-order valence-corrected chi connectivity index (χ1v) is 10.1. The Morgan fingerprint density at radius 2 is 1.26 bits per heavy atom. The second-order valence-electron chi connectivity index (χ2n) is 7.68. The van der Waals surface area contributed by atoms with Gasteiger partial charge in [0.15, 0.2) is 5.82 Å². The van der Waals surface area contributed by atoms with Crippen LogP contribution in [0.2, 0.25) is 0 Å². The van der Waals surface area contributed by atoms with Gasteiger partial charge in [-0.3, -0.25) is 4.79 Å². The van der Waals surface area contributed by atoms with Gasteiger partial charge in [-0.2, -0.15) is 30.7 Å². The lowest BCUT2D eigenvalue weighted by Gasteiger charge is -2.38. The zero-order chi connectivity index (χ0) is 24.7.